The fourth-order valence-corrected chi connectivity index (χ4v) is 2.67. The van der Waals surface area contributed by atoms with Gasteiger partial charge in [-0.3, -0.25) is 4.79 Å². The molecule has 100 valence electrons. The third kappa shape index (κ3) is 3.74. The fourth-order valence-electron chi connectivity index (χ4n) is 1.90. The van der Waals surface area contributed by atoms with Crippen molar-refractivity contribution < 1.29 is 4.79 Å². The molecule has 2 rings (SSSR count). The topological polar surface area (TPSA) is 20.3 Å². The summed E-state index contributed by atoms with van der Waals surface area (Å²) in [6.07, 6.45) is 2.17. The molecule has 0 radical (unpaired) electrons. The summed E-state index contributed by atoms with van der Waals surface area (Å²) in [5.74, 6) is 0. The molecule has 0 unspecified atom stereocenters. The van der Waals surface area contributed by atoms with Crippen LogP contribution in [0, 0.1) is 0 Å². The minimum Gasteiger partial charge on any atom is -0.336 e. The van der Waals surface area contributed by atoms with Gasteiger partial charge in [0.25, 0.3) is 5.24 Å². The average Bonchev–Trinajstić information content (AvgIpc) is 2.44. The average molecular weight is 273 g/mol. The van der Waals surface area contributed by atoms with E-state index in [1.165, 1.54) is 22.5 Å². The van der Waals surface area contributed by atoms with E-state index < -0.39 is 0 Å². The predicted molar refractivity (Wildman–Crippen MR) is 82.7 cm³/mol. The van der Waals surface area contributed by atoms with Crippen molar-refractivity contribution in [3.63, 3.8) is 0 Å². The Morgan fingerprint density at radius 2 is 1.89 bits per heavy atom. The minimum atomic E-state index is 0.115. The number of fused-ring (bicyclic) bond motifs is 1. The lowest BCUT2D eigenvalue weighted by Gasteiger charge is -2.15. The van der Waals surface area contributed by atoms with E-state index in [1.54, 1.807) is 4.90 Å². The number of carbonyl (C=O) groups excluding carboxylic acids is 1. The number of hydrogen-bond acceptors (Lipinski definition) is 2. The predicted octanol–water partition coefficient (Wildman–Crippen LogP) is 4.78. The van der Waals surface area contributed by atoms with Crippen LogP contribution in [0.15, 0.2) is 47.4 Å². The molecule has 2 nitrogen and oxygen atoms in total. The third-order valence-electron chi connectivity index (χ3n) is 3.08. The van der Waals surface area contributed by atoms with Gasteiger partial charge in [0.05, 0.1) is 0 Å². The summed E-state index contributed by atoms with van der Waals surface area (Å²) < 4.78 is 0. The van der Waals surface area contributed by atoms with Crippen molar-refractivity contribution in [1.29, 1.82) is 0 Å². The summed E-state index contributed by atoms with van der Waals surface area (Å²) in [6, 6.07) is 14.4. The highest BCUT2D eigenvalue weighted by molar-refractivity contribution is 8.13. The molecule has 1 amide bonds. The van der Waals surface area contributed by atoms with E-state index in [4.69, 9.17) is 0 Å². The van der Waals surface area contributed by atoms with Crippen molar-refractivity contribution in [1.82, 2.24) is 4.90 Å². The number of benzene rings is 2. The molecule has 19 heavy (non-hydrogen) atoms. The molecule has 2 aromatic carbocycles. The molecule has 0 fully saturated rings. The first kappa shape index (κ1) is 13.9. The normalized spacial score (nSPS) is 10.6. The first-order valence-corrected chi connectivity index (χ1v) is 7.44. The van der Waals surface area contributed by atoms with Crippen molar-refractivity contribution in [3.8, 4) is 0 Å². The van der Waals surface area contributed by atoms with Crippen molar-refractivity contribution in [2.45, 2.75) is 24.7 Å². The summed E-state index contributed by atoms with van der Waals surface area (Å²) in [5, 5.41) is 2.50. The Hall–Kier alpha value is -1.48. The van der Waals surface area contributed by atoms with Crippen LogP contribution < -0.4 is 0 Å². The van der Waals surface area contributed by atoms with Gasteiger partial charge in [-0.1, -0.05) is 43.7 Å². The number of amides is 1. The van der Waals surface area contributed by atoms with Crippen LogP contribution in [0.25, 0.3) is 10.8 Å². The molecular formula is C16H19NOS. The van der Waals surface area contributed by atoms with Crippen LogP contribution in [0.3, 0.4) is 0 Å². The summed E-state index contributed by atoms with van der Waals surface area (Å²) in [7, 11) is 1.87. The van der Waals surface area contributed by atoms with Gasteiger partial charge in [-0.15, -0.1) is 0 Å². The van der Waals surface area contributed by atoms with E-state index in [1.807, 2.05) is 25.2 Å². The number of carbonyl (C=O) groups is 1. The molecule has 0 saturated heterocycles. The molecule has 3 heteroatoms. The van der Waals surface area contributed by atoms with E-state index in [0.717, 1.165) is 24.3 Å². The van der Waals surface area contributed by atoms with E-state index in [9.17, 15) is 4.79 Å². The minimum absolute atomic E-state index is 0.115. The smallest absolute Gasteiger partial charge is 0.286 e. The molecule has 0 atom stereocenters. The van der Waals surface area contributed by atoms with Gasteiger partial charge in [0.2, 0.25) is 0 Å². The van der Waals surface area contributed by atoms with E-state index in [0.29, 0.717) is 0 Å². The molecule has 0 bridgehead atoms. The van der Waals surface area contributed by atoms with Gasteiger partial charge in [-0.25, -0.2) is 0 Å². The fraction of sp³-hybridized carbons (Fsp3) is 0.312. The number of nitrogens with zero attached hydrogens (tertiary/aromatic N) is 1. The van der Waals surface area contributed by atoms with Crippen LogP contribution in [-0.4, -0.2) is 23.7 Å². The van der Waals surface area contributed by atoms with Crippen LogP contribution >= 0.6 is 11.8 Å². The molecule has 0 saturated carbocycles. The van der Waals surface area contributed by atoms with Crippen LogP contribution in [-0.2, 0) is 0 Å². The van der Waals surface area contributed by atoms with Crippen molar-refractivity contribution >= 4 is 27.8 Å². The van der Waals surface area contributed by atoms with Crippen molar-refractivity contribution in [2.24, 2.45) is 0 Å². The molecule has 0 heterocycles. The number of hydrogen-bond donors (Lipinski definition) is 0. The molecule has 0 N–H and O–H groups in total. The largest absolute Gasteiger partial charge is 0.336 e. The summed E-state index contributed by atoms with van der Waals surface area (Å²) in [5.41, 5.74) is 0. The number of thioether (sulfide) groups is 1. The summed E-state index contributed by atoms with van der Waals surface area (Å²) >= 11 is 1.30. The maximum absolute atomic E-state index is 12.0. The molecule has 0 aliphatic carbocycles. The molecular weight excluding hydrogens is 254 g/mol. The molecule has 0 aliphatic rings. The second kappa shape index (κ2) is 6.62. The van der Waals surface area contributed by atoms with Crippen molar-refractivity contribution in [3.05, 3.63) is 42.5 Å². The Bertz CT molecular complexity index is 567. The lowest BCUT2D eigenvalue weighted by Crippen LogP contribution is -2.23. The quantitative estimate of drug-likeness (QED) is 0.747. The zero-order valence-electron chi connectivity index (χ0n) is 11.4. The number of unbranched alkanes of at least 4 members (excludes halogenated alkanes) is 1. The molecule has 0 spiro atoms. The maximum atomic E-state index is 12.0. The highest BCUT2D eigenvalue weighted by Crippen LogP contribution is 2.25. The molecule has 0 aliphatic heterocycles. The van der Waals surface area contributed by atoms with Crippen molar-refractivity contribution in [2.75, 3.05) is 13.6 Å². The molecule has 2 aromatic rings. The zero-order valence-corrected chi connectivity index (χ0v) is 12.2. The second-order valence-electron chi connectivity index (χ2n) is 4.65. The van der Waals surface area contributed by atoms with Gasteiger partial charge < -0.3 is 4.90 Å². The summed E-state index contributed by atoms with van der Waals surface area (Å²) in [6.45, 7) is 2.96. The van der Waals surface area contributed by atoms with Crippen LogP contribution in [0.1, 0.15) is 19.8 Å². The van der Waals surface area contributed by atoms with Gasteiger partial charge in [0.1, 0.15) is 0 Å². The number of rotatable bonds is 4. The van der Waals surface area contributed by atoms with Gasteiger partial charge in [-0.05, 0) is 41.1 Å². The van der Waals surface area contributed by atoms with Crippen LogP contribution in [0.4, 0.5) is 4.79 Å². The first-order valence-electron chi connectivity index (χ1n) is 6.62. The highest BCUT2D eigenvalue weighted by Gasteiger charge is 2.10. The van der Waals surface area contributed by atoms with Gasteiger partial charge >= 0.3 is 0 Å². The highest BCUT2D eigenvalue weighted by atomic mass is 32.2. The Morgan fingerprint density at radius 3 is 2.63 bits per heavy atom. The standard InChI is InChI=1S/C16H19NOS/c1-3-4-11-17(2)16(18)19-15-10-9-13-7-5-6-8-14(13)12-15/h5-10,12H,3-4,11H2,1-2H3. The van der Waals surface area contributed by atoms with E-state index in [-0.39, 0.29) is 5.24 Å². The van der Waals surface area contributed by atoms with Gasteiger partial charge in [0.15, 0.2) is 0 Å². The summed E-state index contributed by atoms with van der Waals surface area (Å²) in [4.78, 5) is 14.8. The Kier molecular flexibility index (Phi) is 4.86. The van der Waals surface area contributed by atoms with Crippen LogP contribution in [0.5, 0.6) is 0 Å². The first-order chi connectivity index (χ1) is 9.20. The molecule has 0 aromatic heterocycles. The lowest BCUT2D eigenvalue weighted by molar-refractivity contribution is 0.233. The lowest BCUT2D eigenvalue weighted by atomic mass is 10.1. The maximum Gasteiger partial charge on any atom is 0.286 e. The second-order valence-corrected chi connectivity index (χ2v) is 5.68. The zero-order chi connectivity index (χ0) is 13.7. The Balaban J connectivity index is 2.06. The SMILES string of the molecule is CCCCN(C)C(=O)Sc1ccc2ccccc2c1. The van der Waals surface area contributed by atoms with Crippen LogP contribution in [0.2, 0.25) is 0 Å². The van der Waals surface area contributed by atoms with Gasteiger partial charge in [0, 0.05) is 18.5 Å². The third-order valence-corrected chi connectivity index (χ3v) is 4.06. The Morgan fingerprint density at radius 1 is 1.16 bits per heavy atom. The van der Waals surface area contributed by atoms with E-state index in [2.05, 4.69) is 31.2 Å². The van der Waals surface area contributed by atoms with E-state index >= 15 is 0 Å². The van der Waals surface area contributed by atoms with Gasteiger partial charge in [-0.2, -0.15) is 0 Å². The Labute approximate surface area is 118 Å². The monoisotopic (exact) mass is 273 g/mol.